The third kappa shape index (κ3) is 2.51. The fourth-order valence-corrected chi connectivity index (χ4v) is 2.20. The van der Waals surface area contributed by atoms with Crippen LogP contribution in [-0.4, -0.2) is 19.5 Å². The van der Waals surface area contributed by atoms with Crippen molar-refractivity contribution in [2.45, 2.75) is 13.5 Å². The van der Waals surface area contributed by atoms with Crippen molar-refractivity contribution in [2.75, 3.05) is 5.32 Å². The zero-order valence-electron chi connectivity index (χ0n) is 11.2. The Balaban J connectivity index is 2.08. The van der Waals surface area contributed by atoms with E-state index in [4.69, 9.17) is 16.9 Å². The molecule has 1 N–H and O–H groups in total. The Kier molecular flexibility index (Phi) is 3.42. The van der Waals surface area contributed by atoms with Crippen LogP contribution in [0, 0.1) is 11.3 Å². The number of hydrogen-bond donors (Lipinski definition) is 1. The van der Waals surface area contributed by atoms with Gasteiger partial charge in [-0.05, 0) is 36.7 Å². The number of hydrogen-bond acceptors (Lipinski definition) is 5. The maximum absolute atomic E-state index is 8.94. The van der Waals surface area contributed by atoms with Crippen molar-refractivity contribution in [3.63, 3.8) is 0 Å². The number of rotatable bonds is 3. The Morgan fingerprint density at radius 1 is 1.38 bits per heavy atom. The fourth-order valence-electron chi connectivity index (χ4n) is 2.04. The van der Waals surface area contributed by atoms with Crippen molar-refractivity contribution in [3.05, 3.63) is 41.4 Å². The van der Waals surface area contributed by atoms with Gasteiger partial charge in [-0.1, -0.05) is 6.07 Å². The van der Waals surface area contributed by atoms with E-state index in [1.165, 1.54) is 0 Å². The van der Waals surface area contributed by atoms with Crippen molar-refractivity contribution in [2.24, 2.45) is 0 Å². The summed E-state index contributed by atoms with van der Waals surface area (Å²) in [6, 6.07) is 9.21. The molecule has 0 aliphatic heterocycles. The first-order valence-electron chi connectivity index (χ1n) is 6.37. The zero-order chi connectivity index (χ0) is 14.8. The lowest BCUT2D eigenvalue weighted by Gasteiger charge is -2.07. The number of nitrogens with zero attached hydrogens (tertiary/aromatic N) is 5. The minimum Gasteiger partial charge on any atom is -0.338 e. The van der Waals surface area contributed by atoms with Gasteiger partial charge in [-0.25, -0.2) is 4.98 Å². The lowest BCUT2D eigenvalue weighted by Crippen LogP contribution is -1.99. The average molecular weight is 299 g/mol. The number of nitriles is 1. The van der Waals surface area contributed by atoms with Crippen LogP contribution in [0.5, 0.6) is 0 Å². The van der Waals surface area contributed by atoms with Gasteiger partial charge >= 0.3 is 0 Å². The van der Waals surface area contributed by atoms with Crippen molar-refractivity contribution in [3.8, 4) is 6.07 Å². The number of halogens is 1. The van der Waals surface area contributed by atoms with Crippen molar-refractivity contribution < 1.29 is 0 Å². The first kappa shape index (κ1) is 13.3. The van der Waals surface area contributed by atoms with Gasteiger partial charge in [0.15, 0.2) is 17.0 Å². The van der Waals surface area contributed by atoms with E-state index >= 15 is 0 Å². The Morgan fingerprint density at radius 3 is 3.00 bits per heavy atom. The molecule has 2 heterocycles. The summed E-state index contributed by atoms with van der Waals surface area (Å²) in [5, 5.41) is 12.2. The first-order chi connectivity index (χ1) is 10.2. The van der Waals surface area contributed by atoms with E-state index < -0.39 is 0 Å². The van der Waals surface area contributed by atoms with Crippen LogP contribution < -0.4 is 5.32 Å². The van der Waals surface area contributed by atoms with Gasteiger partial charge in [0.25, 0.3) is 0 Å². The lowest BCUT2D eigenvalue weighted by molar-refractivity contribution is 0.777. The van der Waals surface area contributed by atoms with Crippen LogP contribution in [-0.2, 0) is 6.54 Å². The molecule has 0 unspecified atom stereocenters. The molecule has 0 radical (unpaired) electrons. The van der Waals surface area contributed by atoms with Crippen LogP contribution in [0.2, 0.25) is 5.28 Å². The number of aryl methyl sites for hydroxylation is 1. The molecule has 104 valence electrons. The van der Waals surface area contributed by atoms with Gasteiger partial charge in [0, 0.05) is 12.2 Å². The standard InChI is InChI=1S/C14H11ClN6/c1-2-21-8-17-11-12(19-14(15)20-13(11)21)18-10-5-3-4-9(6-10)7-16/h3-6,8H,2H2,1H3,(H,18,19,20). The summed E-state index contributed by atoms with van der Waals surface area (Å²) in [6.07, 6.45) is 1.70. The molecular formula is C14H11ClN6. The molecule has 21 heavy (non-hydrogen) atoms. The smallest absolute Gasteiger partial charge is 0.226 e. The number of anilines is 2. The summed E-state index contributed by atoms with van der Waals surface area (Å²) in [5.41, 5.74) is 2.63. The van der Waals surface area contributed by atoms with E-state index in [-0.39, 0.29) is 5.28 Å². The SMILES string of the molecule is CCn1cnc2c(Nc3cccc(C#N)c3)nc(Cl)nc21. The number of benzene rings is 1. The van der Waals surface area contributed by atoms with E-state index in [2.05, 4.69) is 26.3 Å². The van der Waals surface area contributed by atoms with Gasteiger partial charge in [-0.3, -0.25) is 0 Å². The number of aromatic nitrogens is 4. The molecule has 0 atom stereocenters. The average Bonchev–Trinajstić information content (AvgIpc) is 2.90. The molecule has 0 spiro atoms. The molecule has 6 nitrogen and oxygen atoms in total. The number of fused-ring (bicyclic) bond motifs is 1. The molecule has 2 aromatic heterocycles. The predicted octanol–water partition coefficient (Wildman–Crippen LogP) is 3.11. The van der Waals surface area contributed by atoms with Gasteiger partial charge in [0.1, 0.15) is 0 Å². The van der Waals surface area contributed by atoms with Crippen molar-refractivity contribution in [1.29, 1.82) is 5.26 Å². The molecule has 7 heteroatoms. The predicted molar refractivity (Wildman–Crippen MR) is 80.4 cm³/mol. The van der Waals surface area contributed by atoms with Crippen LogP contribution in [0.1, 0.15) is 12.5 Å². The summed E-state index contributed by atoms with van der Waals surface area (Å²) in [4.78, 5) is 12.7. The zero-order valence-corrected chi connectivity index (χ0v) is 12.0. The molecule has 0 aliphatic carbocycles. The second kappa shape index (κ2) is 5.38. The van der Waals surface area contributed by atoms with E-state index in [1.54, 1.807) is 24.5 Å². The molecule has 0 amide bonds. The van der Waals surface area contributed by atoms with Crippen LogP contribution in [0.25, 0.3) is 11.2 Å². The first-order valence-corrected chi connectivity index (χ1v) is 6.74. The highest BCUT2D eigenvalue weighted by atomic mass is 35.5. The van der Waals surface area contributed by atoms with E-state index in [0.717, 1.165) is 12.2 Å². The van der Waals surface area contributed by atoms with Crippen LogP contribution in [0.4, 0.5) is 11.5 Å². The van der Waals surface area contributed by atoms with Gasteiger partial charge in [-0.2, -0.15) is 15.2 Å². The summed E-state index contributed by atoms with van der Waals surface area (Å²) in [5.74, 6) is 0.521. The molecule has 0 fully saturated rings. The third-order valence-electron chi connectivity index (χ3n) is 3.03. The Morgan fingerprint density at radius 2 is 2.24 bits per heavy atom. The highest BCUT2D eigenvalue weighted by Crippen LogP contribution is 2.24. The largest absolute Gasteiger partial charge is 0.338 e. The van der Waals surface area contributed by atoms with Gasteiger partial charge < -0.3 is 9.88 Å². The maximum atomic E-state index is 8.94. The second-order valence-electron chi connectivity index (χ2n) is 4.36. The van der Waals surface area contributed by atoms with Gasteiger partial charge in [-0.15, -0.1) is 0 Å². The third-order valence-corrected chi connectivity index (χ3v) is 3.20. The monoisotopic (exact) mass is 298 g/mol. The fraction of sp³-hybridized carbons (Fsp3) is 0.143. The molecular weight excluding hydrogens is 288 g/mol. The lowest BCUT2D eigenvalue weighted by atomic mass is 10.2. The highest BCUT2D eigenvalue weighted by molar-refractivity contribution is 6.28. The molecule has 0 saturated heterocycles. The quantitative estimate of drug-likeness (QED) is 0.752. The maximum Gasteiger partial charge on any atom is 0.226 e. The highest BCUT2D eigenvalue weighted by Gasteiger charge is 2.12. The number of imidazole rings is 1. The van der Waals surface area contributed by atoms with E-state index in [9.17, 15) is 0 Å². The minimum atomic E-state index is 0.150. The van der Waals surface area contributed by atoms with E-state index in [1.807, 2.05) is 17.6 Å². The summed E-state index contributed by atoms with van der Waals surface area (Å²) in [7, 11) is 0. The van der Waals surface area contributed by atoms with Gasteiger partial charge in [0.05, 0.1) is 18.0 Å². The molecule has 0 saturated carbocycles. The normalized spacial score (nSPS) is 10.5. The molecule has 3 aromatic rings. The van der Waals surface area contributed by atoms with Crippen LogP contribution >= 0.6 is 11.6 Å². The Hall–Kier alpha value is -2.65. The summed E-state index contributed by atoms with van der Waals surface area (Å²) >= 11 is 5.98. The molecule has 3 rings (SSSR count). The van der Waals surface area contributed by atoms with Crippen LogP contribution in [0.15, 0.2) is 30.6 Å². The summed E-state index contributed by atoms with van der Waals surface area (Å²) in [6.45, 7) is 2.74. The Labute approximate surface area is 126 Å². The van der Waals surface area contributed by atoms with Crippen molar-refractivity contribution in [1.82, 2.24) is 19.5 Å². The summed E-state index contributed by atoms with van der Waals surface area (Å²) < 4.78 is 1.89. The topological polar surface area (TPSA) is 79.4 Å². The number of nitrogens with one attached hydrogen (secondary N) is 1. The van der Waals surface area contributed by atoms with Crippen molar-refractivity contribution >= 4 is 34.3 Å². The van der Waals surface area contributed by atoms with Crippen LogP contribution in [0.3, 0.4) is 0 Å². The van der Waals surface area contributed by atoms with Gasteiger partial charge in [0.2, 0.25) is 5.28 Å². The molecule has 1 aromatic carbocycles. The molecule has 0 aliphatic rings. The van der Waals surface area contributed by atoms with E-state index in [0.29, 0.717) is 22.5 Å². The Bertz CT molecular complexity index is 848. The second-order valence-corrected chi connectivity index (χ2v) is 4.70. The molecule has 0 bridgehead atoms. The minimum absolute atomic E-state index is 0.150.